The molecule has 84 valence electrons. The van der Waals surface area contributed by atoms with Crippen LogP contribution in [0.25, 0.3) is 0 Å². The minimum atomic E-state index is -3.29. The van der Waals surface area contributed by atoms with Gasteiger partial charge in [-0.05, 0) is 27.0 Å². The Balaban J connectivity index is 4.98. The zero-order valence-electron chi connectivity index (χ0n) is 8.94. The van der Waals surface area contributed by atoms with Crippen LogP contribution >= 0.6 is 19.4 Å². The zero-order chi connectivity index (χ0) is 11.2. The number of thioether (sulfide) groups is 1. The van der Waals surface area contributed by atoms with Crippen LogP contribution in [0.3, 0.4) is 0 Å². The molecular weight excluding hydrogens is 223 g/mol. The molecule has 0 aromatic heterocycles. The van der Waals surface area contributed by atoms with Gasteiger partial charge in [-0.2, -0.15) is 0 Å². The number of allylic oxidation sites excluding steroid dienone is 1. The first-order valence-electron chi connectivity index (χ1n) is 4.35. The third-order valence-electron chi connectivity index (χ3n) is 1.35. The van der Waals surface area contributed by atoms with Crippen LogP contribution in [0.15, 0.2) is 10.4 Å². The van der Waals surface area contributed by atoms with Gasteiger partial charge in [0.05, 0.1) is 13.2 Å². The molecule has 0 heterocycles. The molecule has 0 unspecified atom stereocenters. The highest BCUT2D eigenvalue weighted by Crippen LogP contribution is 2.60. The third kappa shape index (κ3) is 3.65. The molecule has 4 nitrogen and oxygen atoms in total. The molecule has 0 saturated carbocycles. The van der Waals surface area contributed by atoms with Crippen LogP contribution in [0.5, 0.6) is 0 Å². The van der Waals surface area contributed by atoms with Gasteiger partial charge in [-0.25, -0.2) is 0 Å². The highest BCUT2D eigenvalue weighted by Gasteiger charge is 2.31. The Hall–Kier alpha value is 0.0400. The summed E-state index contributed by atoms with van der Waals surface area (Å²) >= 11 is 1.18. The molecule has 0 fully saturated rings. The average Bonchev–Trinajstić information content (AvgIpc) is 2.04. The number of rotatable bonds is 6. The second kappa shape index (κ2) is 6.51. The van der Waals surface area contributed by atoms with E-state index >= 15 is 0 Å². The number of aliphatic hydroxyl groups is 1. The predicted molar refractivity (Wildman–Crippen MR) is 59.7 cm³/mol. The average molecular weight is 240 g/mol. The molecule has 0 aliphatic carbocycles. The van der Waals surface area contributed by atoms with E-state index in [-0.39, 0.29) is 23.6 Å². The predicted octanol–water partition coefficient (Wildman–Crippen LogP) is 3.36. The Kier molecular flexibility index (Phi) is 6.53. The molecular formula is C8H17O4PS. The van der Waals surface area contributed by atoms with E-state index in [1.807, 2.05) is 0 Å². The summed E-state index contributed by atoms with van der Waals surface area (Å²) in [5.41, 5.74) is 0. The quantitative estimate of drug-likeness (QED) is 0.570. The van der Waals surface area contributed by atoms with E-state index in [4.69, 9.17) is 9.05 Å². The highest BCUT2D eigenvalue weighted by molar-refractivity contribution is 8.09. The molecule has 0 aliphatic rings. The van der Waals surface area contributed by atoms with Crippen LogP contribution < -0.4 is 0 Å². The molecule has 14 heavy (non-hydrogen) atoms. The van der Waals surface area contributed by atoms with E-state index in [0.29, 0.717) is 0 Å². The maximum atomic E-state index is 12.1. The van der Waals surface area contributed by atoms with Crippen molar-refractivity contribution in [3.63, 3.8) is 0 Å². The topological polar surface area (TPSA) is 55.8 Å². The van der Waals surface area contributed by atoms with E-state index < -0.39 is 7.60 Å². The summed E-state index contributed by atoms with van der Waals surface area (Å²) in [4.78, 5) is 0. The Morgan fingerprint density at radius 2 is 1.79 bits per heavy atom. The molecule has 0 aliphatic heterocycles. The third-order valence-corrected chi connectivity index (χ3v) is 5.27. The second-order valence-electron chi connectivity index (χ2n) is 2.43. The summed E-state index contributed by atoms with van der Waals surface area (Å²) < 4.78 is 22.5. The van der Waals surface area contributed by atoms with E-state index in [1.165, 1.54) is 18.7 Å². The van der Waals surface area contributed by atoms with Gasteiger partial charge in [-0.15, -0.1) is 11.8 Å². The van der Waals surface area contributed by atoms with E-state index in [0.717, 1.165) is 0 Å². The van der Waals surface area contributed by atoms with Gasteiger partial charge < -0.3 is 14.2 Å². The highest BCUT2D eigenvalue weighted by atomic mass is 32.2. The summed E-state index contributed by atoms with van der Waals surface area (Å²) in [6.07, 6.45) is 1.72. The molecule has 0 radical (unpaired) electrons. The van der Waals surface area contributed by atoms with Gasteiger partial charge in [0.25, 0.3) is 0 Å². The molecule has 0 aromatic carbocycles. The zero-order valence-corrected chi connectivity index (χ0v) is 10.7. The van der Waals surface area contributed by atoms with Crippen molar-refractivity contribution in [3.8, 4) is 0 Å². The fourth-order valence-electron chi connectivity index (χ4n) is 0.952. The molecule has 0 spiro atoms. The minimum Gasteiger partial charge on any atom is -0.511 e. The monoisotopic (exact) mass is 240 g/mol. The minimum absolute atomic E-state index is 0.0114. The summed E-state index contributed by atoms with van der Waals surface area (Å²) in [7, 11) is -3.29. The lowest BCUT2D eigenvalue weighted by Gasteiger charge is -2.18. The SMILES string of the molecule is CCOP(=O)(OCC)/C(SC)=C(/C)O. The van der Waals surface area contributed by atoms with Crippen molar-refractivity contribution in [2.45, 2.75) is 20.8 Å². The van der Waals surface area contributed by atoms with E-state index in [9.17, 15) is 9.67 Å². The van der Waals surface area contributed by atoms with Gasteiger partial charge >= 0.3 is 7.60 Å². The largest absolute Gasteiger partial charge is 0.511 e. The first-order valence-corrected chi connectivity index (χ1v) is 7.12. The lowest BCUT2D eigenvalue weighted by Crippen LogP contribution is -1.98. The fourth-order valence-corrected chi connectivity index (χ4v) is 3.84. The van der Waals surface area contributed by atoms with Crippen LogP contribution in [0.4, 0.5) is 0 Å². The number of aliphatic hydroxyl groups excluding tert-OH is 1. The van der Waals surface area contributed by atoms with Crippen LogP contribution in [0.2, 0.25) is 0 Å². The Labute approximate surface area is 89.2 Å². The van der Waals surface area contributed by atoms with Crippen LogP contribution in [0, 0.1) is 0 Å². The lowest BCUT2D eigenvalue weighted by molar-refractivity contribution is 0.227. The Bertz CT molecular complexity index is 238. The van der Waals surface area contributed by atoms with Gasteiger partial charge in [0.1, 0.15) is 10.4 Å². The molecule has 6 heteroatoms. The molecule has 0 rings (SSSR count). The van der Waals surface area contributed by atoms with Gasteiger partial charge in [0.2, 0.25) is 0 Å². The summed E-state index contributed by atoms with van der Waals surface area (Å²) in [6, 6.07) is 0. The van der Waals surface area contributed by atoms with Gasteiger partial charge in [-0.3, -0.25) is 4.57 Å². The molecule has 0 amide bonds. The molecule has 0 saturated heterocycles. The fraction of sp³-hybridized carbons (Fsp3) is 0.750. The maximum Gasteiger partial charge on any atom is 0.370 e. The van der Waals surface area contributed by atoms with Crippen molar-refractivity contribution in [1.29, 1.82) is 0 Å². The molecule has 0 atom stereocenters. The number of hydrogen-bond acceptors (Lipinski definition) is 5. The molecule has 0 bridgehead atoms. The van der Waals surface area contributed by atoms with Crippen molar-refractivity contribution in [2.75, 3.05) is 19.5 Å². The smallest absolute Gasteiger partial charge is 0.370 e. The van der Waals surface area contributed by atoms with Crippen LogP contribution in [-0.4, -0.2) is 24.6 Å². The maximum absolute atomic E-state index is 12.1. The Morgan fingerprint density at radius 1 is 1.36 bits per heavy atom. The van der Waals surface area contributed by atoms with E-state index in [2.05, 4.69) is 0 Å². The van der Waals surface area contributed by atoms with Crippen molar-refractivity contribution >= 4 is 19.4 Å². The second-order valence-corrected chi connectivity index (χ2v) is 5.51. The van der Waals surface area contributed by atoms with Gasteiger partial charge in [0.15, 0.2) is 0 Å². The summed E-state index contributed by atoms with van der Waals surface area (Å²) in [5, 5.41) is 9.33. The first-order chi connectivity index (χ1) is 6.51. The normalized spacial score (nSPS) is 14.0. The van der Waals surface area contributed by atoms with Crippen LogP contribution in [-0.2, 0) is 13.6 Å². The lowest BCUT2D eigenvalue weighted by atomic mass is 10.7. The summed E-state index contributed by atoms with van der Waals surface area (Å²) in [6.45, 7) is 5.51. The van der Waals surface area contributed by atoms with Crippen molar-refractivity contribution < 1.29 is 18.7 Å². The summed E-state index contributed by atoms with van der Waals surface area (Å²) in [5.74, 6) is -0.0114. The van der Waals surface area contributed by atoms with Crippen molar-refractivity contribution in [3.05, 3.63) is 10.4 Å². The van der Waals surface area contributed by atoms with Gasteiger partial charge in [0, 0.05) is 0 Å². The van der Waals surface area contributed by atoms with Gasteiger partial charge in [-0.1, -0.05) is 0 Å². The molecule has 0 aromatic rings. The number of hydrogen-bond donors (Lipinski definition) is 1. The molecule has 1 N–H and O–H groups in total. The standard InChI is InChI=1S/C8H17O4PS/c1-5-11-13(10,12-6-2)8(14-4)7(3)9/h9H,5-6H2,1-4H3/b8-7+. The first kappa shape index (κ1) is 14.0. The van der Waals surface area contributed by atoms with Crippen molar-refractivity contribution in [1.82, 2.24) is 0 Å². The van der Waals surface area contributed by atoms with Crippen molar-refractivity contribution in [2.24, 2.45) is 0 Å². The van der Waals surface area contributed by atoms with E-state index in [1.54, 1.807) is 20.1 Å². The Morgan fingerprint density at radius 3 is 2.00 bits per heavy atom. The van der Waals surface area contributed by atoms with Crippen LogP contribution in [0.1, 0.15) is 20.8 Å².